The molecule has 0 unspecified atom stereocenters. The van der Waals surface area contributed by atoms with Crippen molar-refractivity contribution in [2.24, 2.45) is 5.73 Å². The van der Waals surface area contributed by atoms with Crippen LogP contribution in [0.25, 0.3) is 0 Å². The highest BCUT2D eigenvalue weighted by molar-refractivity contribution is 7.08. The zero-order chi connectivity index (χ0) is 10.8. The van der Waals surface area contributed by atoms with E-state index < -0.39 is 0 Å². The van der Waals surface area contributed by atoms with Crippen molar-refractivity contribution >= 4 is 22.9 Å². The number of hydrogen-bond donors (Lipinski definition) is 1. The summed E-state index contributed by atoms with van der Waals surface area (Å²) < 4.78 is 13.0. The van der Waals surface area contributed by atoms with Crippen molar-refractivity contribution in [2.45, 2.75) is 6.04 Å². The van der Waals surface area contributed by atoms with E-state index in [4.69, 9.17) is 17.3 Å². The molecule has 2 N–H and O–H groups in total. The molecule has 1 nitrogen and oxygen atoms in total. The van der Waals surface area contributed by atoms with Crippen molar-refractivity contribution in [3.63, 3.8) is 0 Å². The maximum absolute atomic E-state index is 13.0. The Hall–Kier alpha value is -0.900. The van der Waals surface area contributed by atoms with Crippen LogP contribution in [0.2, 0.25) is 5.02 Å². The molecule has 0 saturated carbocycles. The molecule has 0 aliphatic heterocycles. The van der Waals surface area contributed by atoms with Crippen LogP contribution in [0.15, 0.2) is 35.0 Å². The van der Waals surface area contributed by atoms with Crippen molar-refractivity contribution in [3.05, 3.63) is 57.0 Å². The van der Waals surface area contributed by atoms with Gasteiger partial charge in [-0.15, -0.1) is 0 Å². The third-order valence-electron chi connectivity index (χ3n) is 2.20. The van der Waals surface area contributed by atoms with E-state index in [1.807, 2.05) is 16.8 Å². The summed E-state index contributed by atoms with van der Waals surface area (Å²) in [4.78, 5) is 0. The van der Waals surface area contributed by atoms with Crippen LogP contribution in [0.1, 0.15) is 17.2 Å². The summed E-state index contributed by atoms with van der Waals surface area (Å²) >= 11 is 7.52. The summed E-state index contributed by atoms with van der Waals surface area (Å²) in [5.41, 5.74) is 7.56. The predicted molar refractivity (Wildman–Crippen MR) is 61.8 cm³/mol. The van der Waals surface area contributed by atoms with Gasteiger partial charge in [-0.2, -0.15) is 11.3 Å². The topological polar surface area (TPSA) is 26.0 Å². The molecule has 15 heavy (non-hydrogen) atoms. The number of thiophene rings is 1. The quantitative estimate of drug-likeness (QED) is 0.855. The lowest BCUT2D eigenvalue weighted by atomic mass is 10.0. The molecule has 4 heteroatoms. The van der Waals surface area contributed by atoms with Gasteiger partial charge in [0.05, 0.1) is 6.04 Å². The van der Waals surface area contributed by atoms with E-state index in [1.165, 1.54) is 18.2 Å². The Labute approximate surface area is 96.3 Å². The third-order valence-corrected chi connectivity index (χ3v) is 3.24. The van der Waals surface area contributed by atoms with E-state index in [0.717, 1.165) is 5.56 Å². The van der Waals surface area contributed by atoms with Crippen molar-refractivity contribution in [2.75, 3.05) is 0 Å². The second-order valence-electron chi connectivity index (χ2n) is 3.20. The molecule has 0 spiro atoms. The Morgan fingerprint density at radius 2 is 2.13 bits per heavy atom. The lowest BCUT2D eigenvalue weighted by molar-refractivity contribution is 0.623. The van der Waals surface area contributed by atoms with E-state index >= 15 is 0 Å². The van der Waals surface area contributed by atoms with Gasteiger partial charge in [0, 0.05) is 5.02 Å². The molecular weight excluding hydrogens is 233 g/mol. The van der Waals surface area contributed by atoms with E-state index in [0.29, 0.717) is 10.6 Å². The Balaban J connectivity index is 2.41. The van der Waals surface area contributed by atoms with E-state index in [9.17, 15) is 4.39 Å². The van der Waals surface area contributed by atoms with Crippen LogP contribution >= 0.6 is 22.9 Å². The highest BCUT2D eigenvalue weighted by Crippen LogP contribution is 2.28. The first kappa shape index (κ1) is 10.6. The van der Waals surface area contributed by atoms with Crippen molar-refractivity contribution in [3.8, 4) is 0 Å². The van der Waals surface area contributed by atoms with Gasteiger partial charge < -0.3 is 5.73 Å². The number of nitrogens with two attached hydrogens (primary N) is 1. The van der Waals surface area contributed by atoms with Gasteiger partial charge in [0.15, 0.2) is 0 Å². The molecule has 0 saturated heterocycles. The fraction of sp³-hybridized carbons (Fsp3) is 0.0909. The molecule has 0 aliphatic rings. The first-order chi connectivity index (χ1) is 7.18. The minimum Gasteiger partial charge on any atom is -0.320 e. The second kappa shape index (κ2) is 4.31. The molecule has 1 aromatic heterocycles. The highest BCUT2D eigenvalue weighted by Gasteiger charge is 2.13. The normalized spacial score (nSPS) is 12.7. The minimum atomic E-state index is -0.362. The summed E-state index contributed by atoms with van der Waals surface area (Å²) in [6.07, 6.45) is 0. The SMILES string of the molecule is N[C@@H](c1ccsc1)c1cc(F)ccc1Cl. The van der Waals surface area contributed by atoms with Gasteiger partial charge in [-0.3, -0.25) is 0 Å². The molecular formula is C11H9ClFNS. The molecule has 78 valence electrons. The number of benzene rings is 1. The molecule has 2 rings (SSSR count). The zero-order valence-corrected chi connectivity index (χ0v) is 9.36. The number of hydrogen-bond acceptors (Lipinski definition) is 2. The Bertz CT molecular complexity index is 456. The number of rotatable bonds is 2. The largest absolute Gasteiger partial charge is 0.320 e. The molecule has 0 amide bonds. The molecule has 0 radical (unpaired) electrons. The average molecular weight is 242 g/mol. The monoisotopic (exact) mass is 241 g/mol. The first-order valence-electron chi connectivity index (χ1n) is 4.41. The van der Waals surface area contributed by atoms with Crippen molar-refractivity contribution in [1.82, 2.24) is 0 Å². The van der Waals surface area contributed by atoms with Gasteiger partial charge >= 0.3 is 0 Å². The molecule has 0 fully saturated rings. The predicted octanol–water partition coefficient (Wildman–Crippen LogP) is 3.59. The fourth-order valence-corrected chi connectivity index (χ4v) is 2.32. The van der Waals surface area contributed by atoms with E-state index in [1.54, 1.807) is 11.3 Å². The first-order valence-corrected chi connectivity index (χ1v) is 5.73. The Morgan fingerprint density at radius 3 is 2.80 bits per heavy atom. The lowest BCUT2D eigenvalue weighted by Gasteiger charge is -2.12. The smallest absolute Gasteiger partial charge is 0.123 e. The summed E-state index contributed by atoms with van der Waals surface area (Å²) in [6.45, 7) is 0. The molecule has 0 aliphatic carbocycles. The second-order valence-corrected chi connectivity index (χ2v) is 4.39. The van der Waals surface area contributed by atoms with Gasteiger partial charge in [0.2, 0.25) is 0 Å². The zero-order valence-electron chi connectivity index (χ0n) is 7.78. The van der Waals surface area contributed by atoms with E-state index in [2.05, 4.69) is 0 Å². The fourth-order valence-electron chi connectivity index (χ4n) is 1.38. The number of halogens is 2. The maximum Gasteiger partial charge on any atom is 0.123 e. The standard InChI is InChI=1S/C11H9ClFNS/c12-10-2-1-8(13)5-9(10)11(14)7-3-4-15-6-7/h1-6,11H,14H2/t11-/m0/s1. The van der Waals surface area contributed by atoms with E-state index in [-0.39, 0.29) is 11.9 Å². The van der Waals surface area contributed by atoms with Crippen LogP contribution in [0.5, 0.6) is 0 Å². The Morgan fingerprint density at radius 1 is 1.33 bits per heavy atom. The average Bonchev–Trinajstić information content (AvgIpc) is 2.74. The van der Waals surface area contributed by atoms with Gasteiger partial charge in [-0.1, -0.05) is 11.6 Å². The maximum atomic E-state index is 13.0. The summed E-state index contributed by atoms with van der Waals surface area (Å²) in [5, 5.41) is 4.36. The van der Waals surface area contributed by atoms with Crippen LogP contribution in [0.3, 0.4) is 0 Å². The Kier molecular flexibility index (Phi) is 3.05. The van der Waals surface area contributed by atoms with Gasteiger partial charge in [-0.05, 0) is 46.2 Å². The molecule has 1 heterocycles. The molecule has 2 aromatic rings. The van der Waals surface area contributed by atoms with Crippen molar-refractivity contribution in [1.29, 1.82) is 0 Å². The van der Waals surface area contributed by atoms with Gasteiger partial charge in [0.25, 0.3) is 0 Å². The lowest BCUT2D eigenvalue weighted by Crippen LogP contribution is -2.11. The summed E-state index contributed by atoms with van der Waals surface area (Å²) in [6, 6.07) is 5.78. The highest BCUT2D eigenvalue weighted by atomic mass is 35.5. The third kappa shape index (κ3) is 2.20. The van der Waals surface area contributed by atoms with Crippen LogP contribution < -0.4 is 5.73 Å². The molecule has 1 atom stereocenters. The molecule has 1 aromatic carbocycles. The van der Waals surface area contributed by atoms with Crippen LogP contribution in [-0.2, 0) is 0 Å². The van der Waals surface area contributed by atoms with Crippen LogP contribution in [0, 0.1) is 5.82 Å². The van der Waals surface area contributed by atoms with Gasteiger partial charge in [-0.25, -0.2) is 4.39 Å². The minimum absolute atomic E-state index is 0.319. The van der Waals surface area contributed by atoms with Gasteiger partial charge in [0.1, 0.15) is 5.82 Å². The van der Waals surface area contributed by atoms with Crippen molar-refractivity contribution < 1.29 is 4.39 Å². The summed E-state index contributed by atoms with van der Waals surface area (Å²) in [7, 11) is 0. The van der Waals surface area contributed by atoms with Crippen LogP contribution in [-0.4, -0.2) is 0 Å². The molecule has 0 bridgehead atoms. The summed E-state index contributed by atoms with van der Waals surface area (Å²) in [5.74, 6) is -0.319. The van der Waals surface area contributed by atoms with Crippen LogP contribution in [0.4, 0.5) is 4.39 Å².